The zero-order valence-corrected chi connectivity index (χ0v) is 12.2. The molecule has 1 aromatic carbocycles. The van der Waals surface area contributed by atoms with Crippen LogP contribution < -0.4 is 10.5 Å². The van der Waals surface area contributed by atoms with Gasteiger partial charge in [0.15, 0.2) is 0 Å². The van der Waals surface area contributed by atoms with Gasteiger partial charge in [-0.2, -0.15) is 12.7 Å². The molecule has 108 valence electrons. The first-order valence-corrected chi connectivity index (χ1v) is 7.45. The van der Waals surface area contributed by atoms with Gasteiger partial charge in [-0.25, -0.2) is 0 Å². The smallest absolute Gasteiger partial charge is 0.301 e. The molecule has 0 aliphatic heterocycles. The summed E-state index contributed by atoms with van der Waals surface area (Å²) in [6, 6.07) is 6.19. The second-order valence-corrected chi connectivity index (χ2v) is 6.41. The van der Waals surface area contributed by atoms with E-state index in [1.807, 2.05) is 6.92 Å². The minimum Gasteiger partial charge on any atom is -0.387 e. The lowest BCUT2D eigenvalue weighted by molar-refractivity contribution is 0.144. The molecule has 0 spiro atoms. The van der Waals surface area contributed by atoms with E-state index in [0.29, 0.717) is 17.7 Å². The Hall–Kier alpha value is -1.15. The fraction of sp³-hybridized carbons (Fsp3) is 0.500. The molecular formula is C12H21N3O3S. The van der Waals surface area contributed by atoms with Crippen LogP contribution in [0.2, 0.25) is 0 Å². The molecule has 1 aromatic rings. The molecular weight excluding hydrogens is 266 g/mol. The Morgan fingerprint density at radius 3 is 2.26 bits per heavy atom. The van der Waals surface area contributed by atoms with E-state index in [2.05, 4.69) is 4.72 Å². The van der Waals surface area contributed by atoms with Crippen LogP contribution in [0.4, 0.5) is 5.69 Å². The fourth-order valence-electron chi connectivity index (χ4n) is 1.46. The van der Waals surface area contributed by atoms with Gasteiger partial charge in [0.05, 0.1) is 6.10 Å². The molecule has 0 aromatic heterocycles. The van der Waals surface area contributed by atoms with Crippen molar-refractivity contribution in [1.82, 2.24) is 4.31 Å². The van der Waals surface area contributed by atoms with Crippen LogP contribution in [0.25, 0.3) is 0 Å². The van der Waals surface area contributed by atoms with E-state index in [1.165, 1.54) is 14.1 Å². The predicted molar refractivity (Wildman–Crippen MR) is 75.9 cm³/mol. The molecule has 0 heterocycles. The largest absolute Gasteiger partial charge is 0.387 e. The van der Waals surface area contributed by atoms with Gasteiger partial charge in [0.25, 0.3) is 0 Å². The minimum atomic E-state index is -3.51. The maximum Gasteiger partial charge on any atom is 0.301 e. The molecule has 0 bridgehead atoms. The van der Waals surface area contributed by atoms with Crippen LogP contribution in [0.5, 0.6) is 0 Å². The molecule has 0 aliphatic carbocycles. The summed E-state index contributed by atoms with van der Waals surface area (Å²) >= 11 is 0. The van der Waals surface area contributed by atoms with Crippen molar-refractivity contribution in [1.29, 1.82) is 0 Å². The molecule has 0 aliphatic rings. The second kappa shape index (κ2) is 6.33. The number of aliphatic hydroxyl groups is 1. The Bertz CT molecular complexity index is 499. The highest BCUT2D eigenvalue weighted by Gasteiger charge is 2.16. The molecule has 0 saturated heterocycles. The van der Waals surface area contributed by atoms with E-state index in [9.17, 15) is 13.5 Å². The summed E-state index contributed by atoms with van der Waals surface area (Å²) in [5.74, 6) is 0. The van der Waals surface area contributed by atoms with Crippen molar-refractivity contribution in [3.05, 3.63) is 29.8 Å². The molecule has 0 radical (unpaired) electrons. The number of benzene rings is 1. The Balaban J connectivity index is 2.83. The number of hydrogen-bond donors (Lipinski definition) is 3. The van der Waals surface area contributed by atoms with Gasteiger partial charge in [-0.05, 0) is 24.1 Å². The summed E-state index contributed by atoms with van der Waals surface area (Å²) in [6.45, 7) is 1.90. The van der Waals surface area contributed by atoms with Crippen LogP contribution in [0.3, 0.4) is 0 Å². The summed E-state index contributed by atoms with van der Waals surface area (Å²) in [5, 5.41) is 9.93. The van der Waals surface area contributed by atoms with Crippen molar-refractivity contribution in [2.24, 2.45) is 5.73 Å². The van der Waals surface area contributed by atoms with Crippen molar-refractivity contribution < 1.29 is 13.5 Å². The topological polar surface area (TPSA) is 95.7 Å². The molecule has 0 fully saturated rings. The summed E-state index contributed by atoms with van der Waals surface area (Å²) < 4.78 is 26.7. The van der Waals surface area contributed by atoms with Crippen molar-refractivity contribution >= 4 is 15.9 Å². The first-order valence-electron chi connectivity index (χ1n) is 6.01. The third-order valence-electron chi connectivity index (χ3n) is 2.86. The fourth-order valence-corrected chi connectivity index (χ4v) is 2.08. The SMILES string of the molecule is CCC(N)C(O)c1ccc(NS(=O)(=O)N(C)C)cc1. The Morgan fingerprint density at radius 2 is 1.84 bits per heavy atom. The number of hydrogen-bond acceptors (Lipinski definition) is 4. The van der Waals surface area contributed by atoms with Crippen molar-refractivity contribution in [3.63, 3.8) is 0 Å². The van der Waals surface area contributed by atoms with Gasteiger partial charge in [-0.15, -0.1) is 0 Å². The van der Waals surface area contributed by atoms with Gasteiger partial charge in [0, 0.05) is 25.8 Å². The first kappa shape index (κ1) is 15.9. The van der Waals surface area contributed by atoms with Crippen LogP contribution >= 0.6 is 0 Å². The summed E-state index contributed by atoms with van der Waals surface area (Å²) in [7, 11) is -0.619. The molecule has 0 amide bonds. The van der Waals surface area contributed by atoms with E-state index >= 15 is 0 Å². The molecule has 4 N–H and O–H groups in total. The highest BCUT2D eigenvalue weighted by Crippen LogP contribution is 2.20. The monoisotopic (exact) mass is 287 g/mol. The van der Waals surface area contributed by atoms with Crippen molar-refractivity contribution in [3.8, 4) is 0 Å². The highest BCUT2D eigenvalue weighted by molar-refractivity contribution is 7.90. The van der Waals surface area contributed by atoms with Crippen LogP contribution in [0, 0.1) is 0 Å². The van der Waals surface area contributed by atoms with Gasteiger partial charge in [-0.3, -0.25) is 4.72 Å². The predicted octanol–water partition coefficient (Wildman–Crippen LogP) is 0.676. The maximum absolute atomic E-state index is 11.6. The zero-order chi connectivity index (χ0) is 14.6. The van der Waals surface area contributed by atoms with Crippen LogP contribution in [0.1, 0.15) is 25.0 Å². The van der Waals surface area contributed by atoms with E-state index in [1.54, 1.807) is 24.3 Å². The Labute approximate surface area is 114 Å². The molecule has 6 nitrogen and oxygen atoms in total. The number of anilines is 1. The lowest BCUT2D eigenvalue weighted by Gasteiger charge is -2.18. The molecule has 2 atom stereocenters. The number of rotatable bonds is 6. The summed E-state index contributed by atoms with van der Waals surface area (Å²) in [6.07, 6.45) is -0.0830. The average Bonchev–Trinajstić information content (AvgIpc) is 2.37. The van der Waals surface area contributed by atoms with E-state index in [-0.39, 0.29) is 6.04 Å². The van der Waals surface area contributed by atoms with Crippen LogP contribution in [-0.4, -0.2) is 38.0 Å². The third kappa shape index (κ3) is 4.17. The lowest BCUT2D eigenvalue weighted by Crippen LogP contribution is -2.29. The van der Waals surface area contributed by atoms with Gasteiger partial charge in [0.2, 0.25) is 0 Å². The van der Waals surface area contributed by atoms with Gasteiger partial charge in [0.1, 0.15) is 0 Å². The van der Waals surface area contributed by atoms with Gasteiger partial charge in [-0.1, -0.05) is 19.1 Å². The van der Waals surface area contributed by atoms with Crippen molar-refractivity contribution in [2.45, 2.75) is 25.5 Å². The normalized spacial score (nSPS) is 15.3. The standard InChI is InChI=1S/C12H21N3O3S/c1-4-11(13)12(16)9-5-7-10(8-6-9)14-19(17,18)15(2)3/h5-8,11-12,14,16H,4,13H2,1-3H3. The number of nitrogens with one attached hydrogen (secondary N) is 1. The molecule has 19 heavy (non-hydrogen) atoms. The minimum absolute atomic E-state index is 0.329. The van der Waals surface area contributed by atoms with E-state index < -0.39 is 16.3 Å². The molecule has 0 saturated carbocycles. The van der Waals surface area contributed by atoms with E-state index in [4.69, 9.17) is 5.73 Å². The number of nitrogens with zero attached hydrogens (tertiary/aromatic N) is 1. The Morgan fingerprint density at radius 1 is 1.32 bits per heavy atom. The highest BCUT2D eigenvalue weighted by atomic mass is 32.2. The summed E-state index contributed by atoms with van der Waals surface area (Å²) in [4.78, 5) is 0. The molecule has 2 unspecified atom stereocenters. The maximum atomic E-state index is 11.6. The third-order valence-corrected chi connectivity index (χ3v) is 4.31. The van der Waals surface area contributed by atoms with Gasteiger partial charge >= 0.3 is 10.2 Å². The second-order valence-electron chi connectivity index (χ2n) is 4.53. The molecule has 1 rings (SSSR count). The first-order chi connectivity index (χ1) is 8.77. The lowest BCUT2D eigenvalue weighted by atomic mass is 10.0. The molecule has 7 heteroatoms. The zero-order valence-electron chi connectivity index (χ0n) is 11.4. The van der Waals surface area contributed by atoms with Crippen LogP contribution in [0.15, 0.2) is 24.3 Å². The summed E-state index contributed by atoms with van der Waals surface area (Å²) in [5.41, 5.74) is 6.87. The number of nitrogens with two attached hydrogens (primary N) is 1. The van der Waals surface area contributed by atoms with Gasteiger partial charge < -0.3 is 10.8 Å². The Kier molecular flexibility index (Phi) is 5.30. The van der Waals surface area contributed by atoms with Crippen molar-refractivity contribution in [2.75, 3.05) is 18.8 Å². The number of aliphatic hydroxyl groups excluding tert-OH is 1. The van der Waals surface area contributed by atoms with Crippen LogP contribution in [-0.2, 0) is 10.2 Å². The van der Waals surface area contributed by atoms with E-state index in [0.717, 1.165) is 4.31 Å². The average molecular weight is 287 g/mol. The quantitative estimate of drug-likeness (QED) is 0.717.